The topological polar surface area (TPSA) is 43.9 Å². The van der Waals surface area contributed by atoms with Crippen LogP contribution < -0.4 is 4.90 Å². The largest absolute Gasteiger partial charge is 0.274 e. The predicted octanol–water partition coefficient (Wildman–Crippen LogP) is 3.53. The van der Waals surface area contributed by atoms with Crippen molar-refractivity contribution in [1.29, 1.82) is 0 Å². The Morgan fingerprint density at radius 1 is 0.741 bits per heavy atom. The number of hydrazine groups is 1. The molecule has 5 nitrogen and oxygen atoms in total. The first-order chi connectivity index (χ1) is 13.1. The molecule has 0 N–H and O–H groups in total. The van der Waals surface area contributed by atoms with Gasteiger partial charge in [-0.1, -0.05) is 35.3 Å². The van der Waals surface area contributed by atoms with Crippen LogP contribution in [0.15, 0.2) is 48.5 Å². The summed E-state index contributed by atoms with van der Waals surface area (Å²) in [4.78, 5) is 27.9. The summed E-state index contributed by atoms with van der Waals surface area (Å²) in [5.41, 5.74) is 1.59. The Bertz CT molecular complexity index is 916. The molecule has 27 heavy (non-hydrogen) atoms. The summed E-state index contributed by atoms with van der Waals surface area (Å²) >= 11 is 12.0. The van der Waals surface area contributed by atoms with E-state index >= 15 is 0 Å². The van der Waals surface area contributed by atoms with Gasteiger partial charge in [-0.05, 0) is 48.4 Å². The highest BCUT2D eigenvalue weighted by Gasteiger charge is 2.62. The first-order valence-electron chi connectivity index (χ1n) is 8.98. The van der Waals surface area contributed by atoms with Crippen molar-refractivity contribution >= 4 is 40.7 Å². The third-order valence-electron chi connectivity index (χ3n) is 5.70. The number of hydrogen-bond acceptors (Lipinski definition) is 4. The van der Waals surface area contributed by atoms with Gasteiger partial charge in [0.15, 0.2) is 0 Å². The molecule has 3 fully saturated rings. The van der Waals surface area contributed by atoms with E-state index in [1.54, 1.807) is 24.3 Å². The number of carbonyl (C=O) groups is 2. The number of fused-ring (bicyclic) bond motifs is 3. The van der Waals surface area contributed by atoms with Crippen LogP contribution in [-0.4, -0.2) is 41.0 Å². The molecule has 138 valence electrons. The van der Waals surface area contributed by atoms with E-state index in [1.165, 1.54) is 4.90 Å². The number of carbonyl (C=O) groups excluding carboxylic acids is 2. The molecule has 0 bridgehead atoms. The fraction of sp³-hybridized carbons (Fsp3) is 0.300. The van der Waals surface area contributed by atoms with Gasteiger partial charge in [-0.25, -0.2) is 14.9 Å². The molecule has 3 saturated heterocycles. The van der Waals surface area contributed by atoms with Gasteiger partial charge >= 0.3 is 0 Å². The van der Waals surface area contributed by atoms with Crippen molar-refractivity contribution in [2.45, 2.75) is 18.5 Å². The number of imide groups is 1. The second-order valence-corrected chi connectivity index (χ2v) is 8.01. The van der Waals surface area contributed by atoms with Crippen molar-refractivity contribution in [2.24, 2.45) is 5.92 Å². The molecule has 0 spiro atoms. The standard InChI is InChI=1S/C20H17Cl2N3O2/c21-13-4-2-12(3-5-13)17-16-18(24-11-1-10-23(17)24)20(27)25(19(16)26)15-8-6-14(22)7-9-15/h2-9,16-18H,1,10-11H2/t16-,17-,18-/m1/s1. The number of halogens is 2. The van der Waals surface area contributed by atoms with Crippen LogP contribution in [0.1, 0.15) is 18.0 Å². The molecule has 3 atom stereocenters. The minimum absolute atomic E-state index is 0.150. The van der Waals surface area contributed by atoms with Crippen molar-refractivity contribution in [3.8, 4) is 0 Å². The van der Waals surface area contributed by atoms with Crippen molar-refractivity contribution < 1.29 is 9.59 Å². The molecule has 3 aliphatic rings. The normalized spacial score (nSPS) is 28.1. The molecule has 0 aliphatic carbocycles. The van der Waals surface area contributed by atoms with Crippen LogP contribution in [0.25, 0.3) is 0 Å². The highest BCUT2D eigenvalue weighted by Crippen LogP contribution is 2.49. The summed E-state index contributed by atoms with van der Waals surface area (Å²) in [6.45, 7) is 1.64. The van der Waals surface area contributed by atoms with Crippen LogP contribution >= 0.6 is 23.2 Å². The third-order valence-corrected chi connectivity index (χ3v) is 6.21. The van der Waals surface area contributed by atoms with E-state index in [1.807, 2.05) is 24.3 Å². The van der Waals surface area contributed by atoms with Gasteiger partial charge < -0.3 is 0 Å². The van der Waals surface area contributed by atoms with Gasteiger partial charge in [0.1, 0.15) is 6.04 Å². The lowest BCUT2D eigenvalue weighted by Gasteiger charge is -2.29. The summed E-state index contributed by atoms with van der Waals surface area (Å²) < 4.78 is 0. The Morgan fingerprint density at radius 2 is 1.30 bits per heavy atom. The highest BCUT2D eigenvalue weighted by molar-refractivity contribution is 6.31. The van der Waals surface area contributed by atoms with Gasteiger partial charge in [0, 0.05) is 23.1 Å². The van der Waals surface area contributed by atoms with E-state index < -0.39 is 12.0 Å². The number of benzene rings is 2. The van der Waals surface area contributed by atoms with E-state index in [-0.39, 0.29) is 17.9 Å². The maximum atomic E-state index is 13.4. The van der Waals surface area contributed by atoms with E-state index in [2.05, 4.69) is 10.0 Å². The fourth-order valence-corrected chi connectivity index (χ4v) is 4.87. The van der Waals surface area contributed by atoms with Crippen LogP contribution in [-0.2, 0) is 9.59 Å². The van der Waals surface area contributed by atoms with Crippen LogP contribution in [0.5, 0.6) is 0 Å². The summed E-state index contributed by atoms with van der Waals surface area (Å²) in [6.07, 6.45) is 0.982. The molecular formula is C20H17Cl2N3O2. The molecule has 3 aliphatic heterocycles. The lowest BCUT2D eigenvalue weighted by Crippen LogP contribution is -2.44. The van der Waals surface area contributed by atoms with E-state index in [0.29, 0.717) is 15.7 Å². The van der Waals surface area contributed by atoms with Gasteiger partial charge in [-0.3, -0.25) is 9.59 Å². The fourth-order valence-electron chi connectivity index (χ4n) is 4.62. The Hall–Kier alpha value is -1.92. The number of nitrogens with zero attached hydrogens (tertiary/aromatic N) is 3. The molecule has 2 aromatic rings. The molecule has 2 amide bonds. The van der Waals surface area contributed by atoms with Crippen molar-refractivity contribution in [1.82, 2.24) is 10.0 Å². The Morgan fingerprint density at radius 3 is 1.93 bits per heavy atom. The van der Waals surface area contributed by atoms with Crippen molar-refractivity contribution in [2.75, 3.05) is 18.0 Å². The summed E-state index contributed by atoms with van der Waals surface area (Å²) in [7, 11) is 0. The average Bonchev–Trinajstić information content (AvgIpc) is 3.30. The maximum Gasteiger partial charge on any atom is 0.253 e. The first-order valence-corrected chi connectivity index (χ1v) is 9.74. The van der Waals surface area contributed by atoms with E-state index in [0.717, 1.165) is 25.1 Å². The van der Waals surface area contributed by atoms with Gasteiger partial charge in [0.2, 0.25) is 5.91 Å². The number of anilines is 1. The number of amides is 2. The van der Waals surface area contributed by atoms with Gasteiger partial charge in [0.05, 0.1) is 17.6 Å². The second kappa shape index (κ2) is 6.31. The molecule has 3 heterocycles. The molecule has 0 radical (unpaired) electrons. The van der Waals surface area contributed by atoms with Crippen molar-refractivity contribution in [3.63, 3.8) is 0 Å². The zero-order chi connectivity index (χ0) is 18.7. The van der Waals surface area contributed by atoms with Crippen LogP contribution in [0, 0.1) is 5.92 Å². The molecular weight excluding hydrogens is 385 g/mol. The van der Waals surface area contributed by atoms with E-state index in [9.17, 15) is 9.59 Å². The minimum Gasteiger partial charge on any atom is -0.274 e. The monoisotopic (exact) mass is 401 g/mol. The Balaban J connectivity index is 1.57. The lowest BCUT2D eigenvalue weighted by molar-refractivity contribution is -0.126. The molecule has 2 aromatic carbocycles. The molecule has 7 heteroatoms. The quantitative estimate of drug-likeness (QED) is 0.721. The Kier molecular flexibility index (Phi) is 4.02. The van der Waals surface area contributed by atoms with Crippen LogP contribution in [0.2, 0.25) is 10.0 Å². The molecule has 5 rings (SSSR count). The zero-order valence-corrected chi connectivity index (χ0v) is 15.9. The van der Waals surface area contributed by atoms with Gasteiger partial charge in [-0.2, -0.15) is 0 Å². The zero-order valence-electron chi connectivity index (χ0n) is 14.4. The van der Waals surface area contributed by atoms with Crippen LogP contribution in [0.4, 0.5) is 5.69 Å². The van der Waals surface area contributed by atoms with Gasteiger partial charge in [-0.15, -0.1) is 0 Å². The SMILES string of the molecule is O=C1[C@@H]2[C@@H](c3ccc(Cl)cc3)N3CCCN3[C@H]2C(=O)N1c1ccc(Cl)cc1. The third kappa shape index (κ3) is 2.53. The average molecular weight is 402 g/mol. The first kappa shape index (κ1) is 17.2. The predicted molar refractivity (Wildman–Crippen MR) is 103 cm³/mol. The molecule has 0 saturated carbocycles. The van der Waals surface area contributed by atoms with E-state index in [4.69, 9.17) is 23.2 Å². The summed E-state index contributed by atoms with van der Waals surface area (Å²) in [5.74, 6) is -0.730. The summed E-state index contributed by atoms with van der Waals surface area (Å²) in [5, 5.41) is 5.50. The smallest absolute Gasteiger partial charge is 0.253 e. The highest BCUT2D eigenvalue weighted by atomic mass is 35.5. The number of hydrogen-bond donors (Lipinski definition) is 0. The number of rotatable bonds is 2. The van der Waals surface area contributed by atoms with Crippen molar-refractivity contribution in [3.05, 3.63) is 64.1 Å². The second-order valence-electron chi connectivity index (χ2n) is 7.14. The summed E-state index contributed by atoms with van der Waals surface area (Å²) in [6, 6.07) is 13.8. The maximum absolute atomic E-state index is 13.4. The van der Waals surface area contributed by atoms with Crippen LogP contribution in [0.3, 0.4) is 0 Å². The Labute approximate surface area is 167 Å². The minimum atomic E-state index is -0.448. The molecule has 0 unspecified atom stereocenters. The molecule has 0 aromatic heterocycles. The lowest BCUT2D eigenvalue weighted by atomic mass is 9.90. The van der Waals surface area contributed by atoms with Gasteiger partial charge in [0.25, 0.3) is 5.91 Å².